The molecule has 0 unspecified atom stereocenters. The minimum absolute atomic E-state index is 0.0850. The van der Waals surface area contributed by atoms with Crippen LogP contribution >= 0.6 is 11.3 Å². The number of carboxylic acid groups (broad SMARTS) is 1. The average Bonchev–Trinajstić information content (AvgIpc) is 3.52. The van der Waals surface area contributed by atoms with E-state index >= 15 is 0 Å². The molecule has 0 fully saturated rings. The molecule has 1 aromatic heterocycles. The number of benzene rings is 3. The van der Waals surface area contributed by atoms with Gasteiger partial charge in [-0.2, -0.15) is 0 Å². The summed E-state index contributed by atoms with van der Waals surface area (Å²) >= 11 is 1.71. The first-order valence-corrected chi connectivity index (χ1v) is 15.4. The molecule has 2 heterocycles. The number of aliphatic carboxylic acids is 1. The summed E-state index contributed by atoms with van der Waals surface area (Å²) < 4.78 is 0. The van der Waals surface area contributed by atoms with Crippen LogP contribution in [0.5, 0.6) is 0 Å². The lowest BCUT2D eigenvalue weighted by Gasteiger charge is -2.31. The van der Waals surface area contributed by atoms with Gasteiger partial charge in [-0.3, -0.25) is 10.2 Å². The van der Waals surface area contributed by atoms with Crippen LogP contribution < -0.4 is 10.2 Å². The Morgan fingerprint density at radius 3 is 2.42 bits per heavy atom. The number of allylic oxidation sites excluding steroid dienone is 3. The lowest BCUT2D eigenvalue weighted by atomic mass is 9.89. The molecule has 3 aromatic carbocycles. The van der Waals surface area contributed by atoms with Gasteiger partial charge in [-0.25, -0.2) is 4.79 Å². The van der Waals surface area contributed by atoms with E-state index in [1.54, 1.807) is 35.6 Å². The van der Waals surface area contributed by atoms with E-state index in [1.807, 2.05) is 12.1 Å². The normalized spacial score (nSPS) is 15.7. The van der Waals surface area contributed by atoms with E-state index in [9.17, 15) is 14.7 Å². The number of amides is 1. The van der Waals surface area contributed by atoms with Crippen LogP contribution in [0.1, 0.15) is 41.7 Å². The molecule has 3 N–H and O–H groups in total. The SMILES string of the molecule is Cc1ccc(N2CCCc3cc(-c4ccc(C5=C/C(=C(/C(=N)C(=O)O)C(=O)Nc6ccccc6)CCC5)s4)ccc32)cc1. The van der Waals surface area contributed by atoms with Crippen molar-refractivity contribution in [1.29, 1.82) is 5.41 Å². The van der Waals surface area contributed by atoms with Crippen molar-refractivity contribution >= 4 is 51.6 Å². The second kappa shape index (κ2) is 12.2. The van der Waals surface area contributed by atoms with Gasteiger partial charge in [-0.05, 0) is 110 Å². The molecule has 0 saturated carbocycles. The monoisotopic (exact) mass is 587 g/mol. The standard InChI is InChI=1S/C36H33N3O3S/c1-23-12-15-29(16-13-23)39-20-6-9-24-21-26(14-17-30(24)39)32-19-18-31(43-32)25-7-5-8-27(22-25)33(34(37)36(41)42)35(40)38-28-10-3-2-4-11-28/h2-4,10-19,21-22,37H,5-9,20H2,1H3,(H,38,40)(H,41,42)/b33-27-,37-34?. The van der Waals surface area contributed by atoms with Gasteiger partial charge in [0, 0.05) is 33.4 Å². The molecule has 43 heavy (non-hydrogen) atoms. The first-order chi connectivity index (χ1) is 20.9. The molecule has 0 spiro atoms. The lowest BCUT2D eigenvalue weighted by Crippen LogP contribution is -2.27. The Bertz CT molecular complexity index is 1770. The number of hydrogen-bond acceptors (Lipinski definition) is 5. The number of carboxylic acids is 1. The molecule has 1 aliphatic heterocycles. The lowest BCUT2D eigenvalue weighted by molar-refractivity contribution is -0.129. The molecule has 7 heteroatoms. The fourth-order valence-corrected chi connectivity index (χ4v) is 6.91. The van der Waals surface area contributed by atoms with E-state index in [4.69, 9.17) is 5.41 Å². The van der Waals surface area contributed by atoms with Crippen LogP contribution in [0.3, 0.4) is 0 Å². The molecule has 0 radical (unpaired) electrons. The smallest absolute Gasteiger partial charge is 0.354 e. The van der Waals surface area contributed by atoms with Crippen molar-refractivity contribution in [3.8, 4) is 10.4 Å². The first-order valence-electron chi connectivity index (χ1n) is 14.6. The molecule has 0 bridgehead atoms. The molecule has 2 aliphatic rings. The molecule has 0 saturated heterocycles. The van der Waals surface area contributed by atoms with Crippen LogP contribution in [0.2, 0.25) is 0 Å². The first kappa shape index (κ1) is 28.4. The van der Waals surface area contributed by atoms with E-state index in [1.165, 1.54) is 32.9 Å². The summed E-state index contributed by atoms with van der Waals surface area (Å²) in [7, 11) is 0. The summed E-state index contributed by atoms with van der Waals surface area (Å²) in [5.41, 5.74) is 7.70. The molecule has 4 aromatic rings. The highest BCUT2D eigenvalue weighted by Crippen LogP contribution is 2.41. The quantitative estimate of drug-likeness (QED) is 0.149. The van der Waals surface area contributed by atoms with Crippen molar-refractivity contribution in [3.05, 3.63) is 118 Å². The Labute approximate surface area is 255 Å². The Hall–Kier alpha value is -4.75. The second-order valence-corrected chi connectivity index (χ2v) is 12.1. The zero-order valence-electron chi connectivity index (χ0n) is 24.0. The van der Waals surface area contributed by atoms with Crippen LogP contribution in [0.4, 0.5) is 17.1 Å². The van der Waals surface area contributed by atoms with Crippen LogP contribution in [0.15, 0.2) is 102 Å². The van der Waals surface area contributed by atoms with Crippen molar-refractivity contribution in [2.45, 2.75) is 39.0 Å². The van der Waals surface area contributed by atoms with E-state index in [-0.39, 0.29) is 5.57 Å². The maximum atomic E-state index is 13.2. The van der Waals surface area contributed by atoms with Crippen LogP contribution in [-0.2, 0) is 16.0 Å². The summed E-state index contributed by atoms with van der Waals surface area (Å²) in [5.74, 6) is -2.00. The number of para-hydroxylation sites is 1. The average molecular weight is 588 g/mol. The van der Waals surface area contributed by atoms with Gasteiger partial charge in [0.1, 0.15) is 0 Å². The molecular weight excluding hydrogens is 554 g/mol. The fourth-order valence-electron chi connectivity index (χ4n) is 5.87. The number of nitrogens with zero attached hydrogens (tertiary/aromatic N) is 1. The topological polar surface area (TPSA) is 93.5 Å². The van der Waals surface area contributed by atoms with E-state index in [0.717, 1.165) is 42.7 Å². The van der Waals surface area contributed by atoms with Crippen molar-refractivity contribution < 1.29 is 14.7 Å². The van der Waals surface area contributed by atoms with Crippen LogP contribution in [-0.4, -0.2) is 29.2 Å². The Morgan fingerprint density at radius 2 is 1.65 bits per heavy atom. The number of nitrogens with one attached hydrogen (secondary N) is 2. The van der Waals surface area contributed by atoms with Gasteiger partial charge >= 0.3 is 5.97 Å². The Balaban J connectivity index is 1.29. The van der Waals surface area contributed by atoms with Crippen molar-refractivity contribution in [2.24, 2.45) is 0 Å². The summed E-state index contributed by atoms with van der Waals surface area (Å²) in [5, 5.41) is 20.6. The van der Waals surface area contributed by atoms with Gasteiger partial charge < -0.3 is 15.3 Å². The molecule has 216 valence electrons. The van der Waals surface area contributed by atoms with Gasteiger partial charge in [0.25, 0.3) is 5.91 Å². The molecule has 0 atom stereocenters. The molecule has 6 nitrogen and oxygen atoms in total. The van der Waals surface area contributed by atoms with Crippen LogP contribution in [0, 0.1) is 12.3 Å². The number of anilines is 3. The second-order valence-electron chi connectivity index (χ2n) is 11.0. The maximum absolute atomic E-state index is 13.2. The van der Waals surface area contributed by atoms with E-state index < -0.39 is 17.6 Å². The van der Waals surface area contributed by atoms with Crippen molar-refractivity contribution in [3.63, 3.8) is 0 Å². The van der Waals surface area contributed by atoms with Crippen molar-refractivity contribution in [1.82, 2.24) is 0 Å². The summed E-state index contributed by atoms with van der Waals surface area (Å²) in [6, 6.07) is 28.6. The van der Waals surface area contributed by atoms with Gasteiger partial charge in [-0.15, -0.1) is 11.3 Å². The Kier molecular flexibility index (Phi) is 8.07. The highest BCUT2D eigenvalue weighted by atomic mass is 32.1. The van der Waals surface area contributed by atoms with E-state index in [2.05, 4.69) is 71.7 Å². The van der Waals surface area contributed by atoms with Crippen LogP contribution in [0.25, 0.3) is 16.0 Å². The summed E-state index contributed by atoms with van der Waals surface area (Å²) in [6.07, 6.45) is 6.21. The minimum Gasteiger partial charge on any atom is -0.477 e. The van der Waals surface area contributed by atoms with Crippen molar-refractivity contribution in [2.75, 3.05) is 16.8 Å². The highest BCUT2D eigenvalue weighted by molar-refractivity contribution is 7.16. The third-order valence-corrected chi connectivity index (χ3v) is 9.25. The fraction of sp³-hybridized carbons (Fsp3) is 0.194. The molecule has 1 amide bonds. The number of aryl methyl sites for hydroxylation is 2. The summed E-state index contributed by atoms with van der Waals surface area (Å²) in [6.45, 7) is 3.12. The largest absolute Gasteiger partial charge is 0.477 e. The predicted molar refractivity (Wildman–Crippen MR) is 176 cm³/mol. The number of hydrogen-bond donors (Lipinski definition) is 3. The van der Waals surface area contributed by atoms with Gasteiger partial charge in [0.15, 0.2) is 5.71 Å². The van der Waals surface area contributed by atoms with Gasteiger partial charge in [-0.1, -0.05) is 48.0 Å². The van der Waals surface area contributed by atoms with E-state index in [0.29, 0.717) is 17.7 Å². The number of thiophene rings is 1. The Morgan fingerprint density at radius 1 is 0.884 bits per heavy atom. The zero-order chi connectivity index (χ0) is 29.9. The number of rotatable bonds is 7. The van der Waals surface area contributed by atoms with Gasteiger partial charge in [0.2, 0.25) is 0 Å². The van der Waals surface area contributed by atoms with Gasteiger partial charge in [0.05, 0.1) is 5.57 Å². The number of fused-ring (bicyclic) bond motifs is 1. The maximum Gasteiger partial charge on any atom is 0.354 e. The third-order valence-electron chi connectivity index (χ3n) is 8.04. The number of carbonyl (C=O) groups is 2. The molecular formula is C36H33N3O3S. The summed E-state index contributed by atoms with van der Waals surface area (Å²) in [4.78, 5) is 29.7. The predicted octanol–water partition coefficient (Wildman–Crippen LogP) is 8.41. The minimum atomic E-state index is -1.42. The molecule has 1 aliphatic carbocycles. The molecule has 6 rings (SSSR count). The highest BCUT2D eigenvalue weighted by Gasteiger charge is 2.26. The zero-order valence-corrected chi connectivity index (χ0v) is 24.8. The number of carbonyl (C=O) groups excluding carboxylic acids is 1. The third kappa shape index (κ3) is 6.08.